The Labute approximate surface area is 215 Å². The minimum Gasteiger partial charge on any atom is -0.394 e. The van der Waals surface area contributed by atoms with E-state index < -0.39 is 35.1 Å². The number of carbonyl (C=O) groups is 3. The Morgan fingerprint density at radius 3 is 2.42 bits per heavy atom. The lowest BCUT2D eigenvalue weighted by atomic mass is 9.66. The van der Waals surface area contributed by atoms with Gasteiger partial charge in [-0.15, -0.1) is 13.2 Å². The molecule has 1 aliphatic carbocycles. The van der Waals surface area contributed by atoms with Gasteiger partial charge in [-0.1, -0.05) is 38.3 Å². The Morgan fingerprint density at radius 1 is 1.17 bits per heavy atom. The van der Waals surface area contributed by atoms with E-state index in [1.807, 2.05) is 18.7 Å². The molecule has 3 amide bonds. The highest BCUT2D eigenvalue weighted by Gasteiger charge is 2.78. The molecule has 4 aliphatic rings. The standard InChI is InChI=1S/C28H43N3O5/c1-6-16-29(5)24(33)21-22-25(34)31(19(8-3)18-32)23(28(22)15-14-27(21,4)36-28)26(35)30(17-7-2)20-12-10-9-11-13-20/h6-7,19-23,32H,1-2,8-18H2,3-5H3/t19-,21-,22-,23?,27+,28?/m0/s1. The second-order valence-corrected chi connectivity index (χ2v) is 11.3. The molecule has 0 aromatic carbocycles. The van der Waals surface area contributed by atoms with Crippen LogP contribution in [0.1, 0.15) is 65.2 Å². The van der Waals surface area contributed by atoms with E-state index in [0.717, 1.165) is 25.7 Å². The van der Waals surface area contributed by atoms with Crippen LogP contribution in [-0.2, 0) is 19.1 Å². The van der Waals surface area contributed by atoms with E-state index in [1.54, 1.807) is 29.0 Å². The SMILES string of the molecule is C=CCN(C)C(=O)[C@@H]1[C@H]2C(=O)N([C@@H](CC)CO)C(C(=O)N(CC=C)C3CCCCC3)C23CC[C@@]1(C)O3. The zero-order valence-electron chi connectivity index (χ0n) is 22.2. The molecule has 2 unspecified atom stereocenters. The Balaban J connectivity index is 1.79. The van der Waals surface area contributed by atoms with Gasteiger partial charge in [-0.25, -0.2) is 0 Å². The number of nitrogens with zero attached hydrogens (tertiary/aromatic N) is 3. The molecule has 3 saturated heterocycles. The van der Waals surface area contributed by atoms with Crippen LogP contribution >= 0.6 is 0 Å². The first-order chi connectivity index (χ1) is 17.2. The fourth-order valence-electron chi connectivity index (χ4n) is 7.46. The zero-order valence-corrected chi connectivity index (χ0v) is 22.2. The van der Waals surface area contributed by atoms with Crippen LogP contribution in [0.25, 0.3) is 0 Å². The van der Waals surface area contributed by atoms with E-state index >= 15 is 0 Å². The second kappa shape index (κ2) is 10.3. The fourth-order valence-corrected chi connectivity index (χ4v) is 7.46. The first-order valence-electron chi connectivity index (χ1n) is 13.6. The molecule has 1 N–H and O–H groups in total. The van der Waals surface area contributed by atoms with E-state index in [9.17, 15) is 19.5 Å². The van der Waals surface area contributed by atoms with E-state index in [4.69, 9.17) is 4.74 Å². The molecule has 8 heteroatoms. The molecule has 3 aliphatic heterocycles. The van der Waals surface area contributed by atoms with Crippen molar-refractivity contribution in [2.75, 3.05) is 26.7 Å². The molecule has 0 aromatic rings. The average molecular weight is 502 g/mol. The number of ether oxygens (including phenoxy) is 1. The second-order valence-electron chi connectivity index (χ2n) is 11.3. The fraction of sp³-hybridized carbons (Fsp3) is 0.750. The molecule has 4 rings (SSSR count). The van der Waals surface area contributed by atoms with Crippen molar-refractivity contribution in [3.8, 4) is 0 Å². The van der Waals surface area contributed by atoms with Crippen molar-refractivity contribution >= 4 is 17.7 Å². The van der Waals surface area contributed by atoms with Gasteiger partial charge in [-0.2, -0.15) is 0 Å². The third kappa shape index (κ3) is 4.01. The molecule has 8 nitrogen and oxygen atoms in total. The number of likely N-dealkylation sites (tertiary alicyclic amines) is 1. The number of hydrogen-bond acceptors (Lipinski definition) is 5. The van der Waals surface area contributed by atoms with Gasteiger partial charge in [0, 0.05) is 26.2 Å². The Kier molecular flexibility index (Phi) is 7.68. The van der Waals surface area contributed by atoms with Crippen LogP contribution in [0.5, 0.6) is 0 Å². The summed E-state index contributed by atoms with van der Waals surface area (Å²) in [6.45, 7) is 12.0. The van der Waals surface area contributed by atoms with E-state index in [-0.39, 0.29) is 30.4 Å². The summed E-state index contributed by atoms with van der Waals surface area (Å²) in [7, 11) is 1.71. The highest BCUT2D eigenvalue weighted by molar-refractivity contribution is 5.99. The molecule has 6 atom stereocenters. The van der Waals surface area contributed by atoms with Gasteiger partial charge < -0.3 is 24.5 Å². The molecule has 0 radical (unpaired) electrons. The minimum absolute atomic E-state index is 0.0937. The van der Waals surface area contributed by atoms with Gasteiger partial charge >= 0.3 is 0 Å². The van der Waals surface area contributed by atoms with Gasteiger partial charge in [-0.05, 0) is 39.0 Å². The molecule has 2 bridgehead atoms. The first kappa shape index (κ1) is 26.9. The van der Waals surface area contributed by atoms with Gasteiger partial charge in [0.05, 0.1) is 30.1 Å². The molecule has 200 valence electrons. The lowest BCUT2D eigenvalue weighted by Gasteiger charge is -2.42. The smallest absolute Gasteiger partial charge is 0.248 e. The van der Waals surface area contributed by atoms with Crippen molar-refractivity contribution in [3.05, 3.63) is 25.3 Å². The van der Waals surface area contributed by atoms with E-state index in [1.165, 1.54) is 6.42 Å². The summed E-state index contributed by atoms with van der Waals surface area (Å²) in [4.78, 5) is 47.4. The van der Waals surface area contributed by atoms with Crippen molar-refractivity contribution in [2.24, 2.45) is 11.8 Å². The van der Waals surface area contributed by atoms with E-state index in [2.05, 4.69) is 13.2 Å². The number of fused-ring (bicyclic) bond motifs is 1. The van der Waals surface area contributed by atoms with Crippen molar-refractivity contribution in [1.82, 2.24) is 14.7 Å². The van der Waals surface area contributed by atoms with Gasteiger partial charge in [0.1, 0.15) is 11.6 Å². The predicted molar refractivity (Wildman–Crippen MR) is 137 cm³/mol. The molecule has 1 spiro atoms. The highest BCUT2D eigenvalue weighted by Crippen LogP contribution is 2.64. The van der Waals surface area contributed by atoms with Crippen LogP contribution in [0.3, 0.4) is 0 Å². The first-order valence-corrected chi connectivity index (χ1v) is 13.6. The molecular weight excluding hydrogens is 458 g/mol. The monoisotopic (exact) mass is 501 g/mol. The van der Waals surface area contributed by atoms with Crippen molar-refractivity contribution in [1.29, 1.82) is 0 Å². The maximum absolute atomic E-state index is 14.5. The van der Waals surface area contributed by atoms with Gasteiger partial charge in [-0.3, -0.25) is 14.4 Å². The van der Waals surface area contributed by atoms with Crippen LogP contribution in [0.2, 0.25) is 0 Å². The van der Waals surface area contributed by atoms with Crippen LogP contribution in [0.4, 0.5) is 0 Å². The van der Waals surface area contributed by atoms with Gasteiger partial charge in [0.25, 0.3) is 0 Å². The molecular formula is C28H43N3O5. The third-order valence-corrected chi connectivity index (χ3v) is 9.19. The number of rotatable bonds is 10. The van der Waals surface area contributed by atoms with Crippen LogP contribution < -0.4 is 0 Å². The molecule has 4 fully saturated rings. The van der Waals surface area contributed by atoms with Crippen LogP contribution in [0.15, 0.2) is 25.3 Å². The molecule has 36 heavy (non-hydrogen) atoms. The van der Waals surface area contributed by atoms with Crippen LogP contribution in [-0.4, -0.2) is 93.6 Å². The summed E-state index contributed by atoms with van der Waals surface area (Å²) in [6, 6.07) is -1.28. The lowest BCUT2D eigenvalue weighted by Crippen LogP contribution is -2.60. The number of hydrogen-bond donors (Lipinski definition) is 1. The maximum Gasteiger partial charge on any atom is 0.248 e. The highest BCUT2D eigenvalue weighted by atomic mass is 16.5. The molecule has 3 heterocycles. The number of aliphatic hydroxyl groups excluding tert-OH is 1. The van der Waals surface area contributed by atoms with E-state index in [0.29, 0.717) is 32.4 Å². The topological polar surface area (TPSA) is 90.4 Å². The summed E-state index contributed by atoms with van der Waals surface area (Å²) in [5.74, 6) is -1.96. The number of likely N-dealkylation sites (N-methyl/N-ethyl adjacent to an activating group) is 1. The van der Waals surface area contributed by atoms with Gasteiger partial charge in [0.2, 0.25) is 17.7 Å². The number of amides is 3. The largest absolute Gasteiger partial charge is 0.394 e. The van der Waals surface area contributed by atoms with Crippen molar-refractivity contribution in [3.63, 3.8) is 0 Å². The number of carbonyl (C=O) groups excluding carboxylic acids is 3. The normalized spacial score (nSPS) is 34.4. The molecule has 1 saturated carbocycles. The average Bonchev–Trinajstić information content (AvgIpc) is 3.44. The summed E-state index contributed by atoms with van der Waals surface area (Å²) in [5, 5.41) is 10.2. The summed E-state index contributed by atoms with van der Waals surface area (Å²) in [6.07, 6.45) is 10.2. The Morgan fingerprint density at radius 2 is 1.83 bits per heavy atom. The summed E-state index contributed by atoms with van der Waals surface area (Å²) >= 11 is 0. The zero-order chi connectivity index (χ0) is 26.3. The Hall–Kier alpha value is -2.19. The Bertz CT molecular complexity index is 898. The van der Waals surface area contributed by atoms with Crippen molar-refractivity contribution in [2.45, 2.75) is 94.5 Å². The summed E-state index contributed by atoms with van der Waals surface area (Å²) in [5.41, 5.74) is -1.89. The lowest BCUT2D eigenvalue weighted by molar-refractivity contribution is -0.157. The minimum atomic E-state index is -1.07. The molecule has 0 aromatic heterocycles. The number of aliphatic hydroxyl groups is 1. The third-order valence-electron chi connectivity index (χ3n) is 9.19. The van der Waals surface area contributed by atoms with Gasteiger partial charge in [0.15, 0.2) is 0 Å². The summed E-state index contributed by atoms with van der Waals surface area (Å²) < 4.78 is 6.73. The predicted octanol–water partition coefficient (Wildman–Crippen LogP) is 2.51. The van der Waals surface area contributed by atoms with Crippen LogP contribution in [0, 0.1) is 11.8 Å². The maximum atomic E-state index is 14.5. The quantitative estimate of drug-likeness (QED) is 0.465. The van der Waals surface area contributed by atoms with Crippen molar-refractivity contribution < 1.29 is 24.2 Å².